The smallest absolute Gasteiger partial charge is 0.326 e. The van der Waals surface area contributed by atoms with Gasteiger partial charge in [-0.3, -0.25) is 19.2 Å². The maximum atomic E-state index is 13.2. The first-order valence-corrected chi connectivity index (χ1v) is 11.6. The predicted molar refractivity (Wildman–Crippen MR) is 132 cm³/mol. The van der Waals surface area contributed by atoms with Crippen LogP contribution in [0.4, 0.5) is 0 Å². The molecule has 0 radical (unpaired) electrons. The van der Waals surface area contributed by atoms with E-state index < -0.39 is 60.2 Å². The van der Waals surface area contributed by atoms with Gasteiger partial charge >= 0.3 is 5.97 Å². The Bertz CT molecular complexity index is 1110. The van der Waals surface area contributed by atoms with Crippen molar-refractivity contribution in [2.75, 3.05) is 0 Å². The molecular formula is C24H34N6O6. The lowest BCUT2D eigenvalue weighted by Crippen LogP contribution is -2.58. The molecule has 4 unspecified atom stereocenters. The normalized spacial score (nSPS) is 14.5. The molecule has 196 valence electrons. The largest absolute Gasteiger partial charge is 0.480 e. The number of aliphatic carboxylic acids is 1. The second-order valence-electron chi connectivity index (χ2n) is 9.17. The van der Waals surface area contributed by atoms with E-state index in [2.05, 4.69) is 20.9 Å². The summed E-state index contributed by atoms with van der Waals surface area (Å²) < 4.78 is 0. The van der Waals surface area contributed by atoms with Gasteiger partial charge in [0, 0.05) is 23.5 Å². The number of para-hydroxylation sites is 1. The first-order valence-electron chi connectivity index (χ1n) is 11.6. The summed E-state index contributed by atoms with van der Waals surface area (Å²) in [6.45, 7) is 5.05. The molecule has 0 saturated heterocycles. The van der Waals surface area contributed by atoms with Crippen LogP contribution in [-0.2, 0) is 30.4 Å². The van der Waals surface area contributed by atoms with Crippen molar-refractivity contribution in [3.8, 4) is 0 Å². The number of H-pyrrole nitrogens is 1. The average molecular weight is 503 g/mol. The number of benzene rings is 1. The summed E-state index contributed by atoms with van der Waals surface area (Å²) in [5.41, 5.74) is 12.3. The van der Waals surface area contributed by atoms with Crippen LogP contribution in [0.5, 0.6) is 0 Å². The van der Waals surface area contributed by atoms with Gasteiger partial charge in [0.2, 0.25) is 23.6 Å². The second kappa shape index (κ2) is 12.7. The molecule has 1 heterocycles. The number of hydrogen-bond acceptors (Lipinski definition) is 6. The summed E-state index contributed by atoms with van der Waals surface area (Å²) >= 11 is 0. The fourth-order valence-electron chi connectivity index (χ4n) is 3.68. The summed E-state index contributed by atoms with van der Waals surface area (Å²) in [4.78, 5) is 64.7. The third-order valence-electron chi connectivity index (χ3n) is 5.51. The molecular weight excluding hydrogens is 468 g/mol. The number of amides is 4. The topological polar surface area (TPSA) is 210 Å². The summed E-state index contributed by atoms with van der Waals surface area (Å²) in [7, 11) is 0. The Morgan fingerprint density at radius 2 is 1.50 bits per heavy atom. The third kappa shape index (κ3) is 8.08. The lowest BCUT2D eigenvalue weighted by molar-refractivity contribution is -0.143. The molecule has 0 bridgehead atoms. The van der Waals surface area contributed by atoms with Crippen LogP contribution in [0.2, 0.25) is 0 Å². The molecule has 9 N–H and O–H groups in total. The van der Waals surface area contributed by atoms with Crippen molar-refractivity contribution >= 4 is 40.5 Å². The lowest BCUT2D eigenvalue weighted by Gasteiger charge is -2.25. The van der Waals surface area contributed by atoms with Gasteiger partial charge < -0.3 is 37.5 Å². The first-order chi connectivity index (χ1) is 16.9. The fraction of sp³-hybridized carbons (Fsp3) is 0.458. The number of hydrogen-bond donors (Lipinski definition) is 7. The van der Waals surface area contributed by atoms with Crippen molar-refractivity contribution in [2.24, 2.45) is 17.4 Å². The summed E-state index contributed by atoms with van der Waals surface area (Å²) in [5, 5.41) is 17.8. The molecule has 36 heavy (non-hydrogen) atoms. The van der Waals surface area contributed by atoms with Crippen LogP contribution in [0, 0.1) is 5.92 Å². The number of carboxylic acid groups (broad SMARTS) is 1. The molecule has 12 nitrogen and oxygen atoms in total. The first kappa shape index (κ1) is 28.3. The van der Waals surface area contributed by atoms with Crippen molar-refractivity contribution in [1.29, 1.82) is 0 Å². The number of carboxylic acids is 1. The van der Waals surface area contributed by atoms with Crippen LogP contribution in [0.15, 0.2) is 30.5 Å². The Morgan fingerprint density at radius 1 is 0.917 bits per heavy atom. The minimum absolute atomic E-state index is 0.0125. The van der Waals surface area contributed by atoms with E-state index in [1.54, 1.807) is 6.20 Å². The van der Waals surface area contributed by atoms with Gasteiger partial charge in [0.1, 0.15) is 18.1 Å². The molecule has 0 aliphatic rings. The Hall–Kier alpha value is -3.93. The third-order valence-corrected chi connectivity index (χ3v) is 5.51. The zero-order valence-electron chi connectivity index (χ0n) is 20.5. The molecule has 4 amide bonds. The molecule has 0 fully saturated rings. The van der Waals surface area contributed by atoms with Crippen LogP contribution < -0.4 is 27.4 Å². The summed E-state index contributed by atoms with van der Waals surface area (Å²) in [6, 6.07) is 2.65. The number of aromatic nitrogens is 1. The molecule has 0 spiro atoms. The number of aromatic amines is 1. The molecule has 0 aliphatic heterocycles. The summed E-state index contributed by atoms with van der Waals surface area (Å²) in [6.07, 6.45) is 1.37. The number of nitrogens with one attached hydrogen (secondary N) is 4. The van der Waals surface area contributed by atoms with Gasteiger partial charge in [-0.2, -0.15) is 0 Å². The van der Waals surface area contributed by atoms with Gasteiger partial charge in [-0.15, -0.1) is 0 Å². The molecule has 0 saturated carbocycles. The van der Waals surface area contributed by atoms with Crippen molar-refractivity contribution in [3.05, 3.63) is 36.0 Å². The Labute approximate surface area is 208 Å². The second-order valence-corrected chi connectivity index (χ2v) is 9.17. The highest BCUT2D eigenvalue weighted by Gasteiger charge is 2.31. The number of rotatable bonds is 13. The highest BCUT2D eigenvalue weighted by atomic mass is 16.4. The van der Waals surface area contributed by atoms with Gasteiger partial charge in [0.15, 0.2) is 0 Å². The molecule has 12 heteroatoms. The van der Waals surface area contributed by atoms with Crippen LogP contribution in [0.25, 0.3) is 10.9 Å². The summed E-state index contributed by atoms with van der Waals surface area (Å²) in [5.74, 6) is -4.31. The number of nitrogens with two attached hydrogens (primary N) is 2. The number of fused-ring (bicyclic) bond motifs is 1. The van der Waals surface area contributed by atoms with E-state index >= 15 is 0 Å². The molecule has 4 atom stereocenters. The van der Waals surface area contributed by atoms with Crippen LogP contribution in [-0.4, -0.2) is 63.9 Å². The molecule has 2 aromatic rings. The van der Waals surface area contributed by atoms with E-state index in [-0.39, 0.29) is 18.8 Å². The van der Waals surface area contributed by atoms with E-state index in [0.29, 0.717) is 5.56 Å². The van der Waals surface area contributed by atoms with Crippen LogP contribution in [0.3, 0.4) is 0 Å². The zero-order valence-corrected chi connectivity index (χ0v) is 20.5. The van der Waals surface area contributed by atoms with Crippen molar-refractivity contribution in [2.45, 2.75) is 64.2 Å². The minimum Gasteiger partial charge on any atom is -0.480 e. The van der Waals surface area contributed by atoms with E-state index in [4.69, 9.17) is 11.5 Å². The molecule has 1 aromatic heterocycles. The Kier molecular flexibility index (Phi) is 9.97. The fourth-order valence-corrected chi connectivity index (χ4v) is 3.68. The maximum Gasteiger partial charge on any atom is 0.326 e. The number of primary amides is 1. The van der Waals surface area contributed by atoms with Gasteiger partial charge in [0.25, 0.3) is 0 Å². The van der Waals surface area contributed by atoms with Gasteiger partial charge in [-0.25, -0.2) is 4.79 Å². The molecule has 0 aliphatic carbocycles. The lowest BCUT2D eigenvalue weighted by atomic mass is 10.0. The van der Waals surface area contributed by atoms with Crippen LogP contribution in [0.1, 0.15) is 39.2 Å². The highest BCUT2D eigenvalue weighted by molar-refractivity contribution is 5.96. The molecule has 1 aromatic carbocycles. The van der Waals surface area contributed by atoms with E-state index in [1.165, 1.54) is 6.92 Å². The highest BCUT2D eigenvalue weighted by Crippen LogP contribution is 2.19. The maximum absolute atomic E-state index is 13.2. The van der Waals surface area contributed by atoms with E-state index in [1.807, 2.05) is 38.1 Å². The number of carbonyl (C=O) groups is 5. The van der Waals surface area contributed by atoms with Gasteiger partial charge in [-0.05, 0) is 30.9 Å². The monoisotopic (exact) mass is 502 g/mol. The standard InChI is InChI=1S/C24H34N6O6/c1-12(2)8-19(24(35)36)30-22(33)17(9-14-11-27-16-7-5-4-6-15(14)16)29-23(34)18(10-20(26)31)28-21(32)13(3)25/h4-7,11-13,17-19,27H,8-10,25H2,1-3H3,(H2,26,31)(H,28,32)(H,29,34)(H,30,33)(H,35,36). The van der Waals surface area contributed by atoms with Gasteiger partial charge in [0.05, 0.1) is 12.5 Å². The Morgan fingerprint density at radius 3 is 2.08 bits per heavy atom. The Balaban J connectivity index is 2.34. The minimum atomic E-state index is -1.37. The van der Waals surface area contributed by atoms with E-state index in [9.17, 15) is 29.1 Å². The number of carbonyl (C=O) groups excluding carboxylic acids is 4. The van der Waals surface area contributed by atoms with Crippen molar-refractivity contribution in [3.63, 3.8) is 0 Å². The van der Waals surface area contributed by atoms with Crippen LogP contribution >= 0.6 is 0 Å². The van der Waals surface area contributed by atoms with Gasteiger partial charge in [-0.1, -0.05) is 32.0 Å². The molecule has 2 rings (SSSR count). The van der Waals surface area contributed by atoms with E-state index in [0.717, 1.165) is 10.9 Å². The predicted octanol–water partition coefficient (Wildman–Crippen LogP) is -0.482. The average Bonchev–Trinajstić information content (AvgIpc) is 3.19. The zero-order chi connectivity index (χ0) is 27.0. The SMILES string of the molecule is CC(C)CC(NC(=O)C(Cc1c[nH]c2ccccc12)NC(=O)C(CC(N)=O)NC(=O)C(C)N)C(=O)O. The quantitative estimate of drug-likeness (QED) is 0.191. The van der Waals surface area contributed by atoms with Crippen molar-refractivity contribution in [1.82, 2.24) is 20.9 Å². The van der Waals surface area contributed by atoms with Crippen molar-refractivity contribution < 1.29 is 29.1 Å².